The largest absolute Gasteiger partial charge is 0.480 e. The maximum atomic E-state index is 11.1. The van der Waals surface area contributed by atoms with E-state index < -0.39 is 12.0 Å². The molecule has 84 valence electrons. The molecule has 1 heterocycles. The van der Waals surface area contributed by atoms with Gasteiger partial charge in [-0.15, -0.1) is 0 Å². The normalized spacial score (nSPS) is 24.1. The first-order valence-corrected chi connectivity index (χ1v) is 5.78. The summed E-state index contributed by atoms with van der Waals surface area (Å²) in [7, 11) is 0. The number of rotatable bonds is 3. The molecule has 1 aliphatic rings. The first kappa shape index (κ1) is 11.0. The second-order valence-electron chi connectivity index (χ2n) is 3.59. The fourth-order valence-corrected chi connectivity index (χ4v) is 2.75. The van der Waals surface area contributed by atoms with Crippen LogP contribution in [0.1, 0.15) is 5.56 Å². The van der Waals surface area contributed by atoms with Crippen molar-refractivity contribution in [3.05, 3.63) is 35.9 Å². The Kier molecular flexibility index (Phi) is 3.14. The lowest BCUT2D eigenvalue weighted by Crippen LogP contribution is -2.39. The van der Waals surface area contributed by atoms with E-state index in [4.69, 9.17) is 5.11 Å². The lowest BCUT2D eigenvalue weighted by Gasteiger charge is -2.13. The second kappa shape index (κ2) is 4.57. The summed E-state index contributed by atoms with van der Waals surface area (Å²) in [5.41, 5.74) is 1.04. The van der Waals surface area contributed by atoms with E-state index in [9.17, 15) is 9.59 Å². The first-order valence-electron chi connectivity index (χ1n) is 4.90. The molecule has 1 amide bonds. The van der Waals surface area contributed by atoms with Crippen LogP contribution in [0.5, 0.6) is 0 Å². The van der Waals surface area contributed by atoms with Gasteiger partial charge >= 0.3 is 5.97 Å². The van der Waals surface area contributed by atoms with E-state index in [1.807, 2.05) is 30.3 Å². The minimum Gasteiger partial charge on any atom is -0.480 e. The average molecular weight is 237 g/mol. The number of hydrogen-bond donors (Lipinski definition) is 2. The maximum Gasteiger partial charge on any atom is 0.327 e. The van der Waals surface area contributed by atoms with Gasteiger partial charge in [0.1, 0.15) is 6.04 Å². The van der Waals surface area contributed by atoms with Gasteiger partial charge in [0.2, 0.25) is 0 Å². The van der Waals surface area contributed by atoms with Crippen LogP contribution in [0.3, 0.4) is 0 Å². The fourth-order valence-electron chi connectivity index (χ4n) is 1.69. The Balaban J connectivity index is 2.09. The van der Waals surface area contributed by atoms with Gasteiger partial charge in [0, 0.05) is 5.25 Å². The fraction of sp³-hybridized carbons (Fsp3) is 0.273. The van der Waals surface area contributed by atoms with Crippen LogP contribution in [0.15, 0.2) is 30.3 Å². The van der Waals surface area contributed by atoms with Crippen molar-refractivity contribution in [1.82, 2.24) is 5.32 Å². The molecule has 4 nitrogen and oxygen atoms in total. The first-order chi connectivity index (χ1) is 7.66. The van der Waals surface area contributed by atoms with Crippen molar-refractivity contribution < 1.29 is 14.7 Å². The number of aliphatic carboxylic acids is 1. The molecular formula is C11H11NO3S. The van der Waals surface area contributed by atoms with E-state index >= 15 is 0 Å². The van der Waals surface area contributed by atoms with Gasteiger partial charge in [-0.05, 0) is 12.0 Å². The van der Waals surface area contributed by atoms with Crippen LogP contribution in [0.2, 0.25) is 0 Å². The zero-order valence-corrected chi connectivity index (χ0v) is 9.24. The highest BCUT2D eigenvalue weighted by molar-refractivity contribution is 8.14. The Morgan fingerprint density at radius 1 is 1.38 bits per heavy atom. The number of hydrogen-bond acceptors (Lipinski definition) is 3. The van der Waals surface area contributed by atoms with E-state index in [1.165, 1.54) is 0 Å². The van der Waals surface area contributed by atoms with Crippen LogP contribution in [-0.2, 0) is 11.2 Å². The lowest BCUT2D eigenvalue weighted by molar-refractivity contribution is -0.138. The second-order valence-corrected chi connectivity index (χ2v) is 4.81. The van der Waals surface area contributed by atoms with Crippen molar-refractivity contribution in [1.29, 1.82) is 0 Å². The third-order valence-electron chi connectivity index (χ3n) is 2.45. The Morgan fingerprint density at radius 3 is 2.69 bits per heavy atom. The van der Waals surface area contributed by atoms with Crippen LogP contribution in [0.4, 0.5) is 4.79 Å². The molecule has 0 saturated carbocycles. The van der Waals surface area contributed by atoms with Crippen LogP contribution in [-0.4, -0.2) is 27.6 Å². The summed E-state index contributed by atoms with van der Waals surface area (Å²) < 4.78 is 0. The van der Waals surface area contributed by atoms with Gasteiger partial charge in [-0.1, -0.05) is 42.1 Å². The minimum atomic E-state index is -0.973. The number of nitrogens with one attached hydrogen (secondary N) is 1. The topological polar surface area (TPSA) is 66.4 Å². The predicted octanol–water partition coefficient (Wildman–Crippen LogP) is 1.51. The highest BCUT2D eigenvalue weighted by atomic mass is 32.2. The summed E-state index contributed by atoms with van der Waals surface area (Å²) in [5.74, 6) is -0.973. The summed E-state index contributed by atoms with van der Waals surface area (Å²) in [6.07, 6.45) is 0.585. The number of amides is 1. The average Bonchev–Trinajstić information content (AvgIpc) is 2.61. The molecule has 1 aromatic carbocycles. The molecule has 5 heteroatoms. The van der Waals surface area contributed by atoms with Crippen molar-refractivity contribution in [3.63, 3.8) is 0 Å². The molecular weight excluding hydrogens is 226 g/mol. The van der Waals surface area contributed by atoms with E-state index in [0.29, 0.717) is 6.42 Å². The number of carbonyl (C=O) groups is 2. The number of carboxylic acid groups (broad SMARTS) is 1. The van der Waals surface area contributed by atoms with Gasteiger partial charge in [-0.2, -0.15) is 0 Å². The number of carbonyl (C=O) groups excluding carboxylic acids is 1. The van der Waals surface area contributed by atoms with Crippen molar-refractivity contribution in [2.24, 2.45) is 0 Å². The molecule has 0 aliphatic carbocycles. The third kappa shape index (κ3) is 2.36. The van der Waals surface area contributed by atoms with E-state index in [1.54, 1.807) is 0 Å². The molecule has 1 saturated heterocycles. The van der Waals surface area contributed by atoms with E-state index in [-0.39, 0.29) is 10.5 Å². The highest BCUT2D eigenvalue weighted by Crippen LogP contribution is 2.26. The summed E-state index contributed by atoms with van der Waals surface area (Å²) in [6.45, 7) is 0. The van der Waals surface area contributed by atoms with Gasteiger partial charge in [0.15, 0.2) is 0 Å². The molecule has 1 aliphatic heterocycles. The molecule has 0 spiro atoms. The number of thioether (sulfide) groups is 1. The zero-order valence-electron chi connectivity index (χ0n) is 8.42. The molecule has 2 N–H and O–H groups in total. The van der Waals surface area contributed by atoms with Crippen LogP contribution < -0.4 is 5.32 Å². The monoisotopic (exact) mass is 237 g/mol. The van der Waals surface area contributed by atoms with E-state index in [0.717, 1.165) is 17.3 Å². The van der Waals surface area contributed by atoms with Crippen molar-refractivity contribution in [2.75, 3.05) is 0 Å². The smallest absolute Gasteiger partial charge is 0.327 e. The number of benzene rings is 1. The Bertz CT molecular complexity index is 407. The number of carboxylic acids is 1. The molecule has 0 aromatic heterocycles. The van der Waals surface area contributed by atoms with Crippen molar-refractivity contribution in [2.45, 2.75) is 17.7 Å². The molecule has 2 atom stereocenters. The molecule has 1 fully saturated rings. The van der Waals surface area contributed by atoms with Crippen LogP contribution in [0.25, 0.3) is 0 Å². The predicted molar refractivity (Wildman–Crippen MR) is 61.5 cm³/mol. The van der Waals surface area contributed by atoms with Gasteiger partial charge in [0.25, 0.3) is 5.24 Å². The van der Waals surface area contributed by atoms with Gasteiger partial charge in [-0.25, -0.2) is 4.79 Å². The third-order valence-corrected chi connectivity index (χ3v) is 3.52. The molecule has 1 aromatic rings. The molecule has 16 heavy (non-hydrogen) atoms. The summed E-state index contributed by atoms with van der Waals surface area (Å²) in [4.78, 5) is 22.1. The summed E-state index contributed by atoms with van der Waals surface area (Å²) in [5, 5.41) is 10.9. The standard InChI is InChI=1S/C11H11NO3S/c13-10(14)9-8(16-11(15)12-9)6-7-4-2-1-3-5-7/h1-5,8-9H,6H2,(H,12,15)(H,13,14). The molecule has 0 bridgehead atoms. The minimum absolute atomic E-state index is 0.229. The van der Waals surface area contributed by atoms with Crippen LogP contribution in [0, 0.1) is 0 Å². The zero-order chi connectivity index (χ0) is 11.5. The van der Waals surface area contributed by atoms with E-state index in [2.05, 4.69) is 5.32 Å². The lowest BCUT2D eigenvalue weighted by atomic mass is 10.1. The quantitative estimate of drug-likeness (QED) is 0.836. The Hall–Kier alpha value is -1.49. The Labute approximate surface area is 97.0 Å². The summed E-state index contributed by atoms with van der Waals surface area (Å²) >= 11 is 1.07. The maximum absolute atomic E-state index is 11.1. The SMILES string of the molecule is O=C1NC(C(=O)O)C(Cc2ccccc2)S1. The molecule has 2 unspecified atom stereocenters. The van der Waals surface area contributed by atoms with Gasteiger partial charge in [0.05, 0.1) is 0 Å². The van der Waals surface area contributed by atoms with Gasteiger partial charge < -0.3 is 10.4 Å². The van der Waals surface area contributed by atoms with Crippen LogP contribution >= 0.6 is 11.8 Å². The van der Waals surface area contributed by atoms with Crippen molar-refractivity contribution >= 4 is 23.0 Å². The van der Waals surface area contributed by atoms with Crippen molar-refractivity contribution in [3.8, 4) is 0 Å². The summed E-state index contributed by atoms with van der Waals surface area (Å²) in [6, 6.07) is 8.80. The molecule has 0 radical (unpaired) electrons. The highest BCUT2D eigenvalue weighted by Gasteiger charge is 2.38. The van der Waals surface area contributed by atoms with Gasteiger partial charge in [-0.3, -0.25) is 4.79 Å². The Morgan fingerprint density at radius 2 is 2.06 bits per heavy atom. The molecule has 2 rings (SSSR count).